The summed E-state index contributed by atoms with van der Waals surface area (Å²) in [6.07, 6.45) is 1.75. The maximum absolute atomic E-state index is 11.5. The molecule has 0 fully saturated rings. The number of carbonyl (C=O) groups excluding carboxylic acids is 1. The van der Waals surface area contributed by atoms with Gasteiger partial charge in [0.2, 0.25) is 0 Å². The van der Waals surface area contributed by atoms with Crippen LogP contribution < -0.4 is 5.73 Å². The molecule has 0 heterocycles. The summed E-state index contributed by atoms with van der Waals surface area (Å²) in [5.41, 5.74) is 4.93. The van der Waals surface area contributed by atoms with Crippen LogP contribution in [0.3, 0.4) is 0 Å². The van der Waals surface area contributed by atoms with Gasteiger partial charge in [0, 0.05) is 12.4 Å². The number of amidine groups is 1. The molecular weight excluding hydrogens is 288 g/mol. The summed E-state index contributed by atoms with van der Waals surface area (Å²) < 4.78 is 10.2. The van der Waals surface area contributed by atoms with Gasteiger partial charge in [0.15, 0.2) is 11.6 Å². The molecule has 0 unspecified atom stereocenters. The first-order valence-corrected chi connectivity index (χ1v) is 6.21. The lowest BCUT2D eigenvalue weighted by Crippen LogP contribution is -2.32. The Labute approximate surface area is 110 Å². The second-order valence-corrected chi connectivity index (χ2v) is 4.64. The van der Waals surface area contributed by atoms with E-state index in [9.17, 15) is 4.79 Å². The largest absolute Gasteiger partial charge is 0.489 e. The van der Waals surface area contributed by atoms with Crippen LogP contribution in [-0.4, -0.2) is 37.9 Å². The number of esters is 1. The molecule has 0 saturated heterocycles. The molecule has 0 amide bonds. The number of hydrogen-bond donors (Lipinski definition) is 1. The number of nitrogens with two attached hydrogens (primary N) is 1. The predicted molar refractivity (Wildman–Crippen MR) is 71.2 cm³/mol. The highest BCUT2D eigenvalue weighted by Gasteiger charge is 2.30. The van der Waals surface area contributed by atoms with E-state index in [1.165, 1.54) is 7.11 Å². The quantitative estimate of drug-likeness (QED) is 0.265. The third-order valence-electron chi connectivity index (χ3n) is 2.08. The lowest BCUT2D eigenvalue weighted by atomic mass is 9.95. The van der Waals surface area contributed by atoms with E-state index in [4.69, 9.17) is 10.5 Å². The van der Waals surface area contributed by atoms with Crippen LogP contribution in [0.1, 0.15) is 13.8 Å². The maximum Gasteiger partial charge on any atom is 0.314 e. The minimum atomic E-state index is -0.728. The fourth-order valence-corrected chi connectivity index (χ4v) is 1.31. The van der Waals surface area contributed by atoms with Crippen molar-refractivity contribution < 1.29 is 14.3 Å². The number of methoxy groups -OCH3 is 1. The number of alkyl halides is 1. The van der Waals surface area contributed by atoms with Crippen molar-refractivity contribution in [2.24, 2.45) is 16.1 Å². The minimum Gasteiger partial charge on any atom is -0.489 e. The van der Waals surface area contributed by atoms with Crippen LogP contribution in [0.15, 0.2) is 16.8 Å². The highest BCUT2D eigenvalue weighted by atomic mass is 79.9. The summed E-state index contributed by atoms with van der Waals surface area (Å²) >= 11 is 3.25. The third kappa shape index (κ3) is 5.21. The molecule has 0 atom stereocenters. The van der Waals surface area contributed by atoms with Gasteiger partial charge in [-0.3, -0.25) is 9.79 Å². The maximum atomic E-state index is 11.5. The van der Waals surface area contributed by atoms with Crippen molar-refractivity contribution in [2.75, 3.05) is 26.1 Å². The van der Waals surface area contributed by atoms with E-state index in [1.807, 2.05) is 0 Å². The summed E-state index contributed by atoms with van der Waals surface area (Å²) in [4.78, 5) is 15.3. The zero-order chi connectivity index (χ0) is 13.5. The molecule has 98 valence electrons. The summed E-state index contributed by atoms with van der Waals surface area (Å²) in [5.74, 6) is 0.425. The molecule has 0 aliphatic heterocycles. The second kappa shape index (κ2) is 7.32. The highest BCUT2D eigenvalue weighted by molar-refractivity contribution is 9.09. The lowest BCUT2D eigenvalue weighted by Gasteiger charge is -2.22. The molecule has 5 nitrogen and oxygen atoms in total. The average molecular weight is 307 g/mol. The van der Waals surface area contributed by atoms with E-state index < -0.39 is 5.41 Å². The molecule has 0 spiro atoms. The Bertz CT molecular complexity index is 325. The van der Waals surface area contributed by atoms with Crippen LogP contribution in [0.25, 0.3) is 0 Å². The number of aliphatic imine (C=N–C) groups is 1. The normalized spacial score (nSPS) is 13.5. The zero-order valence-corrected chi connectivity index (χ0v) is 12.2. The Kier molecular flexibility index (Phi) is 6.87. The van der Waals surface area contributed by atoms with Crippen LogP contribution >= 0.6 is 15.9 Å². The van der Waals surface area contributed by atoms with Gasteiger partial charge in [-0.2, -0.15) is 0 Å². The van der Waals surface area contributed by atoms with Gasteiger partial charge >= 0.3 is 5.97 Å². The Morgan fingerprint density at radius 3 is 2.53 bits per heavy atom. The number of carbonyl (C=O) groups is 1. The number of allylic oxidation sites excluding steroid dienone is 1. The molecule has 0 saturated carbocycles. The van der Waals surface area contributed by atoms with Crippen LogP contribution in [-0.2, 0) is 14.3 Å². The molecule has 0 radical (unpaired) electrons. The van der Waals surface area contributed by atoms with Gasteiger partial charge in [-0.25, -0.2) is 0 Å². The molecule has 6 heteroatoms. The molecule has 0 aromatic rings. The fraction of sp³-hybridized carbons (Fsp3) is 0.636. The summed E-state index contributed by atoms with van der Waals surface area (Å²) in [6.45, 7) is 3.66. The van der Waals surface area contributed by atoms with Gasteiger partial charge in [0.05, 0.1) is 12.5 Å². The molecule has 2 N–H and O–H groups in total. The van der Waals surface area contributed by atoms with E-state index in [0.717, 1.165) is 0 Å². The zero-order valence-electron chi connectivity index (χ0n) is 10.6. The molecule has 0 aliphatic carbocycles. The molecule has 17 heavy (non-hydrogen) atoms. The minimum absolute atomic E-state index is 0.175. The SMILES string of the molecule is CN=C(N)/C(=C\CBr)OCC(C)(C)C(=O)OC. The van der Waals surface area contributed by atoms with Crippen LogP contribution in [0, 0.1) is 5.41 Å². The standard InChI is InChI=1S/C11H19BrN2O3/c1-11(2,10(15)16-4)7-17-8(5-6-12)9(13)14-3/h5H,6-7H2,1-4H3,(H2,13,14)/b8-5+. The number of halogens is 1. The number of hydrogen-bond acceptors (Lipinski definition) is 4. The van der Waals surface area contributed by atoms with Crippen molar-refractivity contribution in [3.05, 3.63) is 11.8 Å². The molecule has 0 aliphatic rings. The van der Waals surface area contributed by atoms with Crippen molar-refractivity contribution in [1.29, 1.82) is 0 Å². The molecular formula is C11H19BrN2O3. The van der Waals surface area contributed by atoms with Gasteiger partial charge in [0.25, 0.3) is 0 Å². The predicted octanol–water partition coefficient (Wildman–Crippen LogP) is 1.47. The van der Waals surface area contributed by atoms with Gasteiger partial charge < -0.3 is 15.2 Å². The Hall–Kier alpha value is -1.04. The van der Waals surface area contributed by atoms with Crippen LogP contribution in [0.4, 0.5) is 0 Å². The Morgan fingerprint density at radius 1 is 1.53 bits per heavy atom. The second-order valence-electron chi connectivity index (χ2n) is 4.00. The number of ether oxygens (including phenoxy) is 2. The van der Waals surface area contributed by atoms with E-state index in [1.54, 1.807) is 27.0 Å². The fourth-order valence-electron chi connectivity index (χ4n) is 1.01. The monoisotopic (exact) mass is 306 g/mol. The van der Waals surface area contributed by atoms with Crippen molar-refractivity contribution in [3.8, 4) is 0 Å². The molecule has 0 aromatic heterocycles. The lowest BCUT2D eigenvalue weighted by molar-refractivity contribution is -0.153. The van der Waals surface area contributed by atoms with Gasteiger partial charge in [0.1, 0.15) is 6.61 Å². The summed E-state index contributed by atoms with van der Waals surface area (Å²) in [5, 5.41) is 0.594. The van der Waals surface area contributed by atoms with Gasteiger partial charge in [-0.05, 0) is 19.9 Å². The summed E-state index contributed by atoms with van der Waals surface area (Å²) in [7, 11) is 2.92. The first kappa shape index (κ1) is 16.0. The highest BCUT2D eigenvalue weighted by Crippen LogP contribution is 2.19. The third-order valence-corrected chi connectivity index (χ3v) is 2.41. The Morgan fingerprint density at radius 2 is 2.12 bits per heavy atom. The number of rotatable bonds is 6. The molecule has 0 aromatic carbocycles. The topological polar surface area (TPSA) is 73.9 Å². The first-order valence-electron chi connectivity index (χ1n) is 5.09. The van der Waals surface area contributed by atoms with Crippen LogP contribution in [0.2, 0.25) is 0 Å². The Balaban J connectivity index is 4.62. The van der Waals surface area contributed by atoms with E-state index in [0.29, 0.717) is 16.9 Å². The van der Waals surface area contributed by atoms with Crippen molar-refractivity contribution in [1.82, 2.24) is 0 Å². The van der Waals surface area contributed by atoms with E-state index >= 15 is 0 Å². The molecule has 0 bridgehead atoms. The van der Waals surface area contributed by atoms with Gasteiger partial charge in [-0.1, -0.05) is 15.9 Å². The van der Waals surface area contributed by atoms with Crippen molar-refractivity contribution in [3.63, 3.8) is 0 Å². The average Bonchev–Trinajstić information content (AvgIpc) is 2.32. The van der Waals surface area contributed by atoms with Crippen LogP contribution in [0.5, 0.6) is 0 Å². The molecule has 0 rings (SSSR count). The first-order chi connectivity index (χ1) is 7.88. The van der Waals surface area contributed by atoms with Crippen molar-refractivity contribution >= 4 is 27.7 Å². The summed E-state index contributed by atoms with van der Waals surface area (Å²) in [6, 6.07) is 0. The smallest absolute Gasteiger partial charge is 0.314 e. The van der Waals surface area contributed by atoms with Crippen molar-refractivity contribution in [2.45, 2.75) is 13.8 Å². The number of nitrogens with zero attached hydrogens (tertiary/aromatic N) is 1. The van der Waals surface area contributed by atoms with E-state index in [-0.39, 0.29) is 12.6 Å². The van der Waals surface area contributed by atoms with Gasteiger partial charge in [-0.15, -0.1) is 0 Å². The van der Waals surface area contributed by atoms with E-state index in [2.05, 4.69) is 25.7 Å².